The number of hydrogen-bond donors (Lipinski definition) is 1. The number of cyclic esters (lactones) is 1. The summed E-state index contributed by atoms with van der Waals surface area (Å²) in [4.78, 5) is 37.0. The molecule has 3 fully saturated rings. The maximum Gasteiger partial charge on any atom is 0.334 e. The molecule has 6 heteroatoms. The van der Waals surface area contributed by atoms with Crippen molar-refractivity contribution >= 4 is 17.7 Å². The molecule has 0 spiro atoms. The average Bonchev–Trinajstić information content (AvgIpc) is 3.10. The molecule has 4 rings (SSSR count). The fraction of sp³-hybridized carbons (Fsp3) is 0.750. The lowest BCUT2D eigenvalue weighted by Gasteiger charge is -2.60. The molecule has 2 aliphatic heterocycles. The van der Waals surface area contributed by atoms with Crippen LogP contribution in [0.5, 0.6) is 0 Å². The summed E-state index contributed by atoms with van der Waals surface area (Å²) in [5, 5.41) is 11.8. The fourth-order valence-electron chi connectivity index (χ4n) is 6.18. The highest BCUT2D eigenvalue weighted by atomic mass is 16.6. The standard InChI is InChI=1S/C20H26O6/c1-11-10-13-15-18(2,7-5-14(21)19(15,3)17(23)26-13)20(11,24)8-4-12-6-9-25-16(12)22/h6,11,13,15,24H,4-5,7-10H2,1-3H3/t11-,13-,15-,18+,19+,20-/m1/s1. The van der Waals surface area contributed by atoms with Crippen LogP contribution in [0.4, 0.5) is 0 Å². The molecule has 4 aliphatic rings. The summed E-state index contributed by atoms with van der Waals surface area (Å²) in [6.07, 6.45) is 3.62. The predicted octanol–water partition coefficient (Wildman–Crippen LogP) is 1.94. The van der Waals surface area contributed by atoms with E-state index in [4.69, 9.17) is 9.47 Å². The topological polar surface area (TPSA) is 89.9 Å². The first-order valence-corrected chi connectivity index (χ1v) is 9.47. The average molecular weight is 362 g/mol. The molecule has 0 aromatic heterocycles. The van der Waals surface area contributed by atoms with E-state index in [9.17, 15) is 19.5 Å². The quantitative estimate of drug-likeness (QED) is 0.610. The Morgan fingerprint density at radius 2 is 2.00 bits per heavy atom. The minimum Gasteiger partial charge on any atom is -0.461 e. The molecule has 142 valence electrons. The molecular formula is C20H26O6. The number of ketones is 1. The number of rotatable bonds is 3. The number of aliphatic hydroxyl groups is 1. The Labute approximate surface area is 152 Å². The molecule has 0 unspecified atom stereocenters. The van der Waals surface area contributed by atoms with E-state index >= 15 is 0 Å². The lowest BCUT2D eigenvalue weighted by molar-refractivity contribution is -0.215. The second-order valence-electron chi connectivity index (χ2n) is 8.85. The summed E-state index contributed by atoms with van der Waals surface area (Å²) >= 11 is 0. The van der Waals surface area contributed by atoms with Crippen molar-refractivity contribution < 1.29 is 29.0 Å². The summed E-state index contributed by atoms with van der Waals surface area (Å²) in [6.45, 7) is 5.95. The van der Waals surface area contributed by atoms with Crippen LogP contribution < -0.4 is 0 Å². The fourth-order valence-corrected chi connectivity index (χ4v) is 6.18. The molecule has 2 heterocycles. The third-order valence-electron chi connectivity index (χ3n) is 7.79. The van der Waals surface area contributed by atoms with Gasteiger partial charge in [-0.3, -0.25) is 9.59 Å². The van der Waals surface area contributed by atoms with Gasteiger partial charge in [0.05, 0.1) is 5.60 Å². The smallest absolute Gasteiger partial charge is 0.334 e. The molecule has 0 bridgehead atoms. The third kappa shape index (κ3) is 1.99. The van der Waals surface area contributed by atoms with Crippen molar-refractivity contribution in [3.05, 3.63) is 11.6 Å². The van der Waals surface area contributed by atoms with Crippen LogP contribution in [0.1, 0.15) is 52.9 Å². The molecule has 0 aromatic rings. The molecule has 0 radical (unpaired) electrons. The maximum atomic E-state index is 12.6. The van der Waals surface area contributed by atoms with Crippen molar-refractivity contribution in [2.45, 2.75) is 64.6 Å². The number of esters is 2. The van der Waals surface area contributed by atoms with Crippen molar-refractivity contribution in [2.75, 3.05) is 6.61 Å². The first-order chi connectivity index (χ1) is 12.1. The Balaban J connectivity index is 1.70. The van der Waals surface area contributed by atoms with E-state index in [1.807, 2.05) is 13.8 Å². The van der Waals surface area contributed by atoms with Crippen molar-refractivity contribution in [1.29, 1.82) is 0 Å². The minimum absolute atomic E-state index is 0.0774. The lowest BCUT2D eigenvalue weighted by Crippen LogP contribution is -2.66. The SMILES string of the molecule is C[C@@H]1C[C@H]2OC(=O)[C@@]3(C)C(=O)CC[C@@](C)([C@@H]23)[C@@]1(O)CCC1=CCOC1=O. The summed E-state index contributed by atoms with van der Waals surface area (Å²) in [6, 6.07) is 0. The second kappa shape index (κ2) is 5.41. The van der Waals surface area contributed by atoms with Gasteiger partial charge in [-0.1, -0.05) is 13.8 Å². The van der Waals surface area contributed by atoms with Crippen molar-refractivity contribution in [1.82, 2.24) is 0 Å². The highest BCUT2D eigenvalue weighted by molar-refractivity contribution is 6.06. The van der Waals surface area contributed by atoms with Gasteiger partial charge in [0.2, 0.25) is 0 Å². The van der Waals surface area contributed by atoms with Crippen LogP contribution in [0, 0.1) is 22.7 Å². The number of carbonyl (C=O) groups is 3. The van der Waals surface area contributed by atoms with E-state index < -0.39 is 22.4 Å². The molecule has 1 saturated heterocycles. The van der Waals surface area contributed by atoms with Gasteiger partial charge in [0.15, 0.2) is 0 Å². The monoisotopic (exact) mass is 362 g/mol. The number of ether oxygens (including phenoxy) is 2. The molecule has 6 atom stereocenters. The number of carbonyl (C=O) groups excluding carboxylic acids is 3. The summed E-state index contributed by atoms with van der Waals surface area (Å²) < 4.78 is 10.6. The summed E-state index contributed by atoms with van der Waals surface area (Å²) in [5.74, 6) is -1.26. The van der Waals surface area contributed by atoms with Gasteiger partial charge in [-0.25, -0.2) is 4.79 Å². The van der Waals surface area contributed by atoms with Gasteiger partial charge in [-0.15, -0.1) is 0 Å². The van der Waals surface area contributed by atoms with Crippen LogP contribution in [0.15, 0.2) is 11.6 Å². The van der Waals surface area contributed by atoms with Crippen LogP contribution in [-0.4, -0.2) is 41.1 Å². The van der Waals surface area contributed by atoms with Crippen LogP contribution in [-0.2, 0) is 23.9 Å². The van der Waals surface area contributed by atoms with Crippen LogP contribution in [0.25, 0.3) is 0 Å². The van der Waals surface area contributed by atoms with Crippen molar-refractivity contribution in [2.24, 2.45) is 22.7 Å². The molecule has 6 nitrogen and oxygen atoms in total. The second-order valence-corrected chi connectivity index (χ2v) is 8.85. The van der Waals surface area contributed by atoms with Crippen molar-refractivity contribution in [3.8, 4) is 0 Å². The molecule has 1 N–H and O–H groups in total. The maximum absolute atomic E-state index is 12.6. The van der Waals surface area contributed by atoms with E-state index in [0.717, 1.165) is 0 Å². The van der Waals surface area contributed by atoms with E-state index in [2.05, 4.69) is 0 Å². The lowest BCUT2D eigenvalue weighted by atomic mass is 9.43. The Hall–Kier alpha value is -1.69. The zero-order chi connectivity index (χ0) is 18.9. The van der Waals surface area contributed by atoms with Gasteiger partial charge in [0.25, 0.3) is 0 Å². The van der Waals surface area contributed by atoms with E-state index in [0.29, 0.717) is 37.9 Å². The van der Waals surface area contributed by atoms with Crippen molar-refractivity contribution in [3.63, 3.8) is 0 Å². The van der Waals surface area contributed by atoms with E-state index in [-0.39, 0.29) is 36.1 Å². The zero-order valence-corrected chi connectivity index (χ0v) is 15.5. The first-order valence-electron chi connectivity index (χ1n) is 9.47. The molecule has 2 saturated carbocycles. The number of Topliss-reactive ketones (excluding diaryl/α,β-unsaturated/α-hetero) is 1. The number of hydrogen-bond acceptors (Lipinski definition) is 6. The molecule has 0 aromatic carbocycles. The summed E-state index contributed by atoms with van der Waals surface area (Å²) in [7, 11) is 0. The molecular weight excluding hydrogens is 336 g/mol. The summed E-state index contributed by atoms with van der Waals surface area (Å²) in [5.41, 5.74) is -2.26. The zero-order valence-electron chi connectivity index (χ0n) is 15.5. The molecule has 2 aliphatic carbocycles. The Bertz CT molecular complexity index is 726. The van der Waals surface area contributed by atoms with Crippen LogP contribution in [0.2, 0.25) is 0 Å². The van der Waals surface area contributed by atoms with Crippen LogP contribution in [0.3, 0.4) is 0 Å². The minimum atomic E-state index is -1.17. The third-order valence-corrected chi connectivity index (χ3v) is 7.79. The highest BCUT2D eigenvalue weighted by Crippen LogP contribution is 2.66. The molecule has 26 heavy (non-hydrogen) atoms. The van der Waals surface area contributed by atoms with Gasteiger partial charge < -0.3 is 14.6 Å². The Morgan fingerprint density at radius 3 is 2.65 bits per heavy atom. The van der Waals surface area contributed by atoms with Crippen LogP contribution >= 0.6 is 0 Å². The van der Waals surface area contributed by atoms with E-state index in [1.54, 1.807) is 13.0 Å². The van der Waals surface area contributed by atoms with Gasteiger partial charge in [0, 0.05) is 23.3 Å². The van der Waals surface area contributed by atoms with E-state index in [1.165, 1.54) is 0 Å². The normalized spacial score (nSPS) is 47.3. The van der Waals surface area contributed by atoms with Gasteiger partial charge in [0.1, 0.15) is 23.9 Å². The first kappa shape index (κ1) is 17.7. The van der Waals surface area contributed by atoms with Gasteiger partial charge in [-0.2, -0.15) is 0 Å². The van der Waals surface area contributed by atoms with Gasteiger partial charge in [-0.05, 0) is 44.6 Å². The highest BCUT2D eigenvalue weighted by Gasteiger charge is 2.73. The predicted molar refractivity (Wildman–Crippen MR) is 90.8 cm³/mol. The Kier molecular flexibility index (Phi) is 3.69. The van der Waals surface area contributed by atoms with Gasteiger partial charge >= 0.3 is 11.9 Å². The Morgan fingerprint density at radius 1 is 1.27 bits per heavy atom. The molecule has 0 amide bonds. The largest absolute Gasteiger partial charge is 0.461 e.